The molecule has 2 atom stereocenters. The summed E-state index contributed by atoms with van der Waals surface area (Å²) < 4.78 is 11.0. The van der Waals surface area contributed by atoms with Gasteiger partial charge in [-0.15, -0.1) is 11.3 Å². The molecule has 3 aromatic rings. The lowest BCUT2D eigenvalue weighted by Gasteiger charge is -2.18. The zero-order chi connectivity index (χ0) is 28.8. The minimum absolute atomic E-state index is 0.258. The van der Waals surface area contributed by atoms with Crippen molar-refractivity contribution in [1.29, 1.82) is 0 Å². The highest BCUT2D eigenvalue weighted by atomic mass is 35.5. The summed E-state index contributed by atoms with van der Waals surface area (Å²) in [5, 5.41) is 8.23. The molecule has 11 heteroatoms. The summed E-state index contributed by atoms with van der Waals surface area (Å²) in [5.74, 6) is -0.316. The number of nitrogens with one attached hydrogen (secondary N) is 2. The van der Waals surface area contributed by atoms with Crippen molar-refractivity contribution in [2.45, 2.75) is 46.1 Å². The zero-order valence-electron chi connectivity index (χ0n) is 22.3. The molecule has 0 saturated heterocycles. The monoisotopic (exact) mass is 601 g/mol. The maximum Gasteiger partial charge on any atom is 0.341 e. The standard InChI is InChI=1S/C29H29Cl2N3O5S/c1-4-38-29(37)25-22-12-5-16(2)13-24(22)40-28(25)33-27(36)18-7-10-21(11-8-18)39-17(3)26(35)34-32-15-19-6-9-20(30)14-23(19)31/h6-11,14-17H,4-5,12-13H2,1-3H3,(H,33,36)(H,34,35). The van der Waals surface area contributed by atoms with E-state index in [1.165, 1.54) is 17.6 Å². The third kappa shape index (κ3) is 7.21. The summed E-state index contributed by atoms with van der Waals surface area (Å²) in [5.41, 5.74) is 4.83. The number of anilines is 1. The number of benzene rings is 2. The van der Waals surface area contributed by atoms with Crippen molar-refractivity contribution in [2.75, 3.05) is 11.9 Å². The Bertz CT molecular complexity index is 1440. The molecule has 1 aliphatic rings. The van der Waals surface area contributed by atoms with Crippen LogP contribution >= 0.6 is 34.5 Å². The molecule has 0 spiro atoms. The Hall–Kier alpha value is -3.40. The summed E-state index contributed by atoms with van der Waals surface area (Å²) in [6, 6.07) is 11.3. The Morgan fingerprint density at radius 1 is 1.18 bits per heavy atom. The number of rotatable bonds is 9. The van der Waals surface area contributed by atoms with Crippen LogP contribution in [-0.2, 0) is 22.4 Å². The topological polar surface area (TPSA) is 106 Å². The number of carbonyl (C=O) groups is 3. The molecule has 0 aliphatic heterocycles. The number of hydrogen-bond donors (Lipinski definition) is 2. The van der Waals surface area contributed by atoms with Gasteiger partial charge in [-0.2, -0.15) is 5.10 Å². The molecule has 1 aliphatic carbocycles. The lowest BCUT2D eigenvalue weighted by molar-refractivity contribution is -0.127. The Morgan fingerprint density at radius 3 is 2.62 bits per heavy atom. The number of hydrazone groups is 1. The molecule has 0 bridgehead atoms. The van der Waals surface area contributed by atoms with E-state index in [0.29, 0.717) is 43.4 Å². The summed E-state index contributed by atoms with van der Waals surface area (Å²) in [6.07, 6.45) is 3.21. The first-order valence-electron chi connectivity index (χ1n) is 12.8. The van der Waals surface area contributed by atoms with Gasteiger partial charge in [-0.05, 0) is 81.0 Å². The molecular weight excluding hydrogens is 573 g/mol. The fourth-order valence-electron chi connectivity index (χ4n) is 4.24. The van der Waals surface area contributed by atoms with Crippen molar-refractivity contribution in [3.8, 4) is 5.75 Å². The van der Waals surface area contributed by atoms with Gasteiger partial charge in [0.05, 0.1) is 23.4 Å². The Kier molecular flexibility index (Phi) is 9.84. The SMILES string of the molecule is CCOC(=O)c1c(NC(=O)c2ccc(OC(C)C(=O)NN=Cc3ccc(Cl)cc3Cl)cc2)sc2c1CCC(C)C2. The Morgan fingerprint density at radius 2 is 1.93 bits per heavy atom. The van der Waals surface area contributed by atoms with E-state index in [2.05, 4.69) is 22.8 Å². The molecule has 40 heavy (non-hydrogen) atoms. The van der Waals surface area contributed by atoms with Crippen LogP contribution in [0.1, 0.15) is 63.9 Å². The number of carbonyl (C=O) groups excluding carboxylic acids is 3. The minimum atomic E-state index is -0.857. The molecule has 0 saturated carbocycles. The van der Waals surface area contributed by atoms with Crippen LogP contribution in [0.4, 0.5) is 5.00 Å². The molecule has 4 rings (SSSR count). The number of fused-ring (bicyclic) bond motifs is 1. The second-order valence-corrected chi connectivity index (χ2v) is 11.4. The second-order valence-electron chi connectivity index (χ2n) is 9.42. The first kappa shape index (κ1) is 29.6. The molecular formula is C29H29Cl2N3O5S. The van der Waals surface area contributed by atoms with Gasteiger partial charge in [0.15, 0.2) is 6.10 Å². The lowest BCUT2D eigenvalue weighted by Crippen LogP contribution is -2.33. The number of thiophene rings is 1. The second kappa shape index (κ2) is 13.3. The van der Waals surface area contributed by atoms with Crippen LogP contribution in [-0.4, -0.2) is 36.7 Å². The molecule has 1 heterocycles. The fourth-order valence-corrected chi connectivity index (χ4v) is 6.09. The molecule has 2 unspecified atom stereocenters. The van der Waals surface area contributed by atoms with Gasteiger partial charge in [-0.3, -0.25) is 9.59 Å². The van der Waals surface area contributed by atoms with E-state index < -0.39 is 18.0 Å². The number of hydrogen-bond acceptors (Lipinski definition) is 7. The summed E-state index contributed by atoms with van der Waals surface area (Å²) >= 11 is 13.4. The van der Waals surface area contributed by atoms with Crippen LogP contribution < -0.4 is 15.5 Å². The highest BCUT2D eigenvalue weighted by Gasteiger charge is 2.29. The van der Waals surface area contributed by atoms with Crippen molar-refractivity contribution in [2.24, 2.45) is 11.0 Å². The number of halogens is 2. The van der Waals surface area contributed by atoms with E-state index >= 15 is 0 Å². The van der Waals surface area contributed by atoms with Crippen molar-refractivity contribution >= 4 is 63.5 Å². The molecule has 1 aromatic heterocycles. The van der Waals surface area contributed by atoms with Gasteiger partial charge < -0.3 is 14.8 Å². The van der Waals surface area contributed by atoms with E-state index in [1.54, 1.807) is 56.3 Å². The fraction of sp³-hybridized carbons (Fsp3) is 0.310. The van der Waals surface area contributed by atoms with Gasteiger partial charge in [0, 0.05) is 21.0 Å². The molecule has 0 fully saturated rings. The number of nitrogens with zero attached hydrogens (tertiary/aromatic N) is 1. The van der Waals surface area contributed by atoms with Gasteiger partial charge in [-0.1, -0.05) is 36.2 Å². The van der Waals surface area contributed by atoms with Gasteiger partial charge in [0.1, 0.15) is 10.8 Å². The Balaban J connectivity index is 1.37. The summed E-state index contributed by atoms with van der Waals surface area (Å²) in [4.78, 5) is 39.3. The predicted octanol–water partition coefficient (Wildman–Crippen LogP) is 6.53. The zero-order valence-corrected chi connectivity index (χ0v) is 24.6. The molecule has 2 amide bonds. The number of ether oxygens (including phenoxy) is 2. The van der Waals surface area contributed by atoms with E-state index in [0.717, 1.165) is 29.7 Å². The quantitative estimate of drug-likeness (QED) is 0.165. The normalized spacial score (nSPS) is 15.3. The average Bonchev–Trinajstić information content (AvgIpc) is 3.27. The van der Waals surface area contributed by atoms with Crippen molar-refractivity contribution in [3.63, 3.8) is 0 Å². The summed E-state index contributed by atoms with van der Waals surface area (Å²) in [6.45, 7) is 5.78. The third-order valence-corrected chi connectivity index (χ3v) is 8.09. The molecule has 2 aromatic carbocycles. The van der Waals surface area contributed by atoms with Gasteiger partial charge in [0.2, 0.25) is 0 Å². The maximum absolute atomic E-state index is 13.0. The van der Waals surface area contributed by atoms with Crippen LogP contribution in [0.15, 0.2) is 47.6 Å². The highest BCUT2D eigenvalue weighted by molar-refractivity contribution is 7.17. The van der Waals surface area contributed by atoms with E-state index in [-0.39, 0.29) is 12.5 Å². The minimum Gasteiger partial charge on any atom is -0.481 e. The van der Waals surface area contributed by atoms with Gasteiger partial charge >= 0.3 is 5.97 Å². The van der Waals surface area contributed by atoms with E-state index in [9.17, 15) is 14.4 Å². The lowest BCUT2D eigenvalue weighted by atomic mass is 9.88. The van der Waals surface area contributed by atoms with Gasteiger partial charge in [-0.25, -0.2) is 10.2 Å². The first-order valence-corrected chi connectivity index (χ1v) is 14.4. The van der Waals surface area contributed by atoms with E-state index in [1.807, 2.05) is 0 Å². The smallest absolute Gasteiger partial charge is 0.341 e. The van der Waals surface area contributed by atoms with Crippen LogP contribution in [0.5, 0.6) is 5.75 Å². The number of amides is 2. The molecule has 0 radical (unpaired) electrons. The molecule has 2 N–H and O–H groups in total. The van der Waals surface area contributed by atoms with Crippen molar-refractivity contribution in [1.82, 2.24) is 5.43 Å². The Labute approximate surface area is 246 Å². The first-order chi connectivity index (χ1) is 19.2. The van der Waals surface area contributed by atoms with Crippen LogP contribution in [0.25, 0.3) is 0 Å². The highest BCUT2D eigenvalue weighted by Crippen LogP contribution is 2.40. The average molecular weight is 603 g/mol. The third-order valence-electron chi connectivity index (χ3n) is 6.36. The van der Waals surface area contributed by atoms with Crippen LogP contribution in [0.3, 0.4) is 0 Å². The van der Waals surface area contributed by atoms with Crippen molar-refractivity contribution in [3.05, 3.63) is 79.6 Å². The van der Waals surface area contributed by atoms with Crippen LogP contribution in [0.2, 0.25) is 10.0 Å². The largest absolute Gasteiger partial charge is 0.481 e. The maximum atomic E-state index is 13.0. The van der Waals surface area contributed by atoms with E-state index in [4.69, 9.17) is 32.7 Å². The number of esters is 1. The van der Waals surface area contributed by atoms with Gasteiger partial charge in [0.25, 0.3) is 11.8 Å². The molecule has 8 nitrogen and oxygen atoms in total. The van der Waals surface area contributed by atoms with Crippen molar-refractivity contribution < 1.29 is 23.9 Å². The predicted molar refractivity (Wildman–Crippen MR) is 158 cm³/mol. The van der Waals surface area contributed by atoms with Crippen LogP contribution in [0, 0.1) is 5.92 Å². The summed E-state index contributed by atoms with van der Waals surface area (Å²) in [7, 11) is 0. The molecule has 210 valence electrons.